The lowest BCUT2D eigenvalue weighted by molar-refractivity contribution is -0.129. The first-order valence-corrected chi connectivity index (χ1v) is 10.3. The molecular formula is C23H26N4O2. The van der Waals surface area contributed by atoms with Crippen LogP contribution < -0.4 is 16.2 Å². The molecule has 0 bridgehead atoms. The Bertz CT molecular complexity index is 954. The molecule has 6 heteroatoms. The third-order valence-electron chi connectivity index (χ3n) is 6.03. The van der Waals surface area contributed by atoms with Crippen LogP contribution in [0.3, 0.4) is 0 Å². The number of hydrogen-bond donors (Lipinski definition) is 3. The van der Waals surface area contributed by atoms with E-state index in [1.54, 1.807) is 0 Å². The molecule has 2 aromatic carbocycles. The average molecular weight is 390 g/mol. The van der Waals surface area contributed by atoms with Crippen molar-refractivity contribution in [3.8, 4) is 0 Å². The van der Waals surface area contributed by atoms with Gasteiger partial charge in [0.05, 0.1) is 12.1 Å². The predicted molar refractivity (Wildman–Crippen MR) is 112 cm³/mol. The first kappa shape index (κ1) is 18.4. The van der Waals surface area contributed by atoms with Gasteiger partial charge in [0.25, 0.3) is 0 Å². The van der Waals surface area contributed by atoms with E-state index in [2.05, 4.69) is 45.3 Å². The smallest absolute Gasteiger partial charge is 0.237 e. The molecule has 0 aliphatic carbocycles. The van der Waals surface area contributed by atoms with Crippen molar-refractivity contribution in [2.24, 2.45) is 5.92 Å². The van der Waals surface area contributed by atoms with Crippen molar-refractivity contribution < 1.29 is 9.21 Å². The van der Waals surface area contributed by atoms with Crippen LogP contribution in [0.15, 0.2) is 65.1 Å². The molecule has 0 spiro atoms. The summed E-state index contributed by atoms with van der Waals surface area (Å²) in [5.74, 6) is 1.39. The second-order valence-electron chi connectivity index (χ2n) is 7.94. The van der Waals surface area contributed by atoms with E-state index in [1.165, 1.54) is 5.56 Å². The van der Waals surface area contributed by atoms with Gasteiger partial charge in [-0.1, -0.05) is 48.5 Å². The fraction of sp³-hybridized carbons (Fsp3) is 0.348. The van der Waals surface area contributed by atoms with Crippen molar-refractivity contribution in [1.82, 2.24) is 21.1 Å². The van der Waals surface area contributed by atoms with Crippen LogP contribution in [0, 0.1) is 5.92 Å². The minimum absolute atomic E-state index is 0.0877. The second kappa shape index (κ2) is 7.99. The number of benzene rings is 2. The lowest BCUT2D eigenvalue weighted by Gasteiger charge is -2.37. The van der Waals surface area contributed by atoms with Gasteiger partial charge in [0.2, 0.25) is 5.91 Å². The van der Waals surface area contributed by atoms with Gasteiger partial charge in [-0.15, -0.1) is 0 Å². The molecule has 3 unspecified atom stereocenters. The van der Waals surface area contributed by atoms with E-state index in [-0.39, 0.29) is 18.0 Å². The Labute approximate surface area is 170 Å². The zero-order chi connectivity index (χ0) is 19.6. The zero-order valence-electron chi connectivity index (χ0n) is 16.3. The largest absolute Gasteiger partial charge is 0.459 e. The maximum absolute atomic E-state index is 12.6. The lowest BCUT2D eigenvalue weighted by atomic mass is 9.96. The van der Waals surface area contributed by atoms with Crippen LogP contribution in [-0.4, -0.2) is 43.0 Å². The van der Waals surface area contributed by atoms with Gasteiger partial charge >= 0.3 is 0 Å². The predicted octanol–water partition coefficient (Wildman–Crippen LogP) is 2.24. The highest BCUT2D eigenvalue weighted by molar-refractivity contribution is 5.82. The van der Waals surface area contributed by atoms with E-state index in [4.69, 9.17) is 4.42 Å². The highest BCUT2D eigenvalue weighted by atomic mass is 16.3. The summed E-state index contributed by atoms with van der Waals surface area (Å²) in [6.45, 7) is 3.25. The summed E-state index contributed by atoms with van der Waals surface area (Å²) >= 11 is 0. The molecule has 0 radical (unpaired) electrons. The van der Waals surface area contributed by atoms with Crippen LogP contribution >= 0.6 is 0 Å². The third-order valence-corrected chi connectivity index (χ3v) is 6.03. The second-order valence-corrected chi connectivity index (χ2v) is 7.94. The number of para-hydroxylation sites is 1. The van der Waals surface area contributed by atoms with Gasteiger partial charge in [-0.2, -0.15) is 0 Å². The molecule has 2 aliphatic rings. The van der Waals surface area contributed by atoms with Crippen molar-refractivity contribution in [2.45, 2.75) is 18.5 Å². The molecule has 3 N–H and O–H groups in total. The molecule has 6 nitrogen and oxygen atoms in total. The van der Waals surface area contributed by atoms with E-state index in [0.717, 1.165) is 42.8 Å². The standard InChI is InChI=1S/C23H26N4O2/c28-23-19(12-16-6-2-1-3-7-16)27(11-10-24-23)15-18-14-25-26-22(18)21-13-17-8-4-5-9-20(17)29-21/h1-9,13,18-19,22,25-26H,10-12,14-15H2,(H,24,28). The number of hydrazine groups is 1. The fourth-order valence-corrected chi connectivity index (χ4v) is 4.51. The Hall–Kier alpha value is -2.67. The number of piperazine rings is 1. The van der Waals surface area contributed by atoms with E-state index in [1.807, 2.05) is 36.4 Å². The van der Waals surface area contributed by atoms with E-state index < -0.39 is 0 Å². The number of rotatable bonds is 5. The number of carbonyl (C=O) groups is 1. The van der Waals surface area contributed by atoms with Crippen molar-refractivity contribution in [2.75, 3.05) is 26.2 Å². The summed E-state index contributed by atoms with van der Waals surface area (Å²) in [7, 11) is 0. The molecule has 2 saturated heterocycles. The topological polar surface area (TPSA) is 69.5 Å². The third kappa shape index (κ3) is 3.79. The van der Waals surface area contributed by atoms with Crippen LogP contribution in [-0.2, 0) is 11.2 Å². The highest BCUT2D eigenvalue weighted by Gasteiger charge is 2.36. The molecular weight excluding hydrogens is 364 g/mol. The summed E-state index contributed by atoms with van der Waals surface area (Å²) in [5.41, 5.74) is 8.77. The summed E-state index contributed by atoms with van der Waals surface area (Å²) in [6, 6.07) is 20.4. The van der Waals surface area contributed by atoms with Gasteiger partial charge in [0, 0.05) is 37.5 Å². The number of nitrogens with zero attached hydrogens (tertiary/aromatic N) is 1. The molecule has 2 aliphatic heterocycles. The number of amides is 1. The molecule has 29 heavy (non-hydrogen) atoms. The van der Waals surface area contributed by atoms with Gasteiger partial charge in [-0.3, -0.25) is 15.1 Å². The Kier molecular flexibility index (Phi) is 5.06. The Morgan fingerprint density at radius 2 is 1.90 bits per heavy atom. The van der Waals surface area contributed by atoms with Crippen molar-refractivity contribution in [3.63, 3.8) is 0 Å². The van der Waals surface area contributed by atoms with Gasteiger partial charge in [0.1, 0.15) is 11.3 Å². The SMILES string of the molecule is O=C1NCCN(CC2CNNC2c2cc3ccccc3o2)C1Cc1ccccc1. The maximum atomic E-state index is 12.6. The normalized spacial score (nSPS) is 25.4. The quantitative estimate of drug-likeness (QED) is 0.623. The first-order valence-electron chi connectivity index (χ1n) is 10.3. The number of hydrogen-bond acceptors (Lipinski definition) is 5. The van der Waals surface area contributed by atoms with Crippen LogP contribution in [0.1, 0.15) is 17.4 Å². The van der Waals surface area contributed by atoms with Crippen LogP contribution in [0.4, 0.5) is 0 Å². The van der Waals surface area contributed by atoms with Crippen molar-refractivity contribution >= 4 is 16.9 Å². The molecule has 5 rings (SSSR count). The van der Waals surface area contributed by atoms with Gasteiger partial charge < -0.3 is 9.73 Å². The number of carbonyl (C=O) groups excluding carboxylic acids is 1. The summed E-state index contributed by atoms with van der Waals surface area (Å²) < 4.78 is 6.11. The monoisotopic (exact) mass is 390 g/mol. The summed E-state index contributed by atoms with van der Waals surface area (Å²) in [5, 5.41) is 4.16. The maximum Gasteiger partial charge on any atom is 0.237 e. The average Bonchev–Trinajstić information content (AvgIpc) is 3.37. The fourth-order valence-electron chi connectivity index (χ4n) is 4.51. The molecule has 1 aromatic heterocycles. The Balaban J connectivity index is 1.34. The van der Waals surface area contributed by atoms with Gasteiger partial charge in [0.15, 0.2) is 0 Å². The molecule has 0 saturated carbocycles. The summed E-state index contributed by atoms with van der Waals surface area (Å²) in [6.07, 6.45) is 0.732. The first-order chi connectivity index (χ1) is 14.3. The molecule has 3 atom stereocenters. The number of nitrogens with one attached hydrogen (secondary N) is 3. The van der Waals surface area contributed by atoms with Crippen LogP contribution in [0.5, 0.6) is 0 Å². The Morgan fingerprint density at radius 1 is 1.07 bits per heavy atom. The van der Waals surface area contributed by atoms with Crippen molar-refractivity contribution in [3.05, 3.63) is 72.0 Å². The number of furan rings is 1. The van der Waals surface area contributed by atoms with E-state index in [9.17, 15) is 4.79 Å². The highest BCUT2D eigenvalue weighted by Crippen LogP contribution is 2.31. The van der Waals surface area contributed by atoms with Crippen LogP contribution in [0.2, 0.25) is 0 Å². The van der Waals surface area contributed by atoms with E-state index in [0.29, 0.717) is 12.5 Å². The number of fused-ring (bicyclic) bond motifs is 1. The minimum Gasteiger partial charge on any atom is -0.459 e. The molecule has 1 amide bonds. The van der Waals surface area contributed by atoms with Crippen molar-refractivity contribution in [1.29, 1.82) is 0 Å². The lowest BCUT2D eigenvalue weighted by Crippen LogP contribution is -2.57. The minimum atomic E-state index is -0.136. The van der Waals surface area contributed by atoms with Gasteiger partial charge in [-0.25, -0.2) is 5.43 Å². The van der Waals surface area contributed by atoms with Gasteiger partial charge in [-0.05, 0) is 24.1 Å². The molecule has 3 aromatic rings. The van der Waals surface area contributed by atoms with Crippen LogP contribution in [0.25, 0.3) is 11.0 Å². The summed E-state index contributed by atoms with van der Waals surface area (Å²) in [4.78, 5) is 15.0. The zero-order valence-corrected chi connectivity index (χ0v) is 16.3. The van der Waals surface area contributed by atoms with E-state index >= 15 is 0 Å². The molecule has 2 fully saturated rings. The molecule has 3 heterocycles. The Morgan fingerprint density at radius 3 is 2.76 bits per heavy atom. The molecule has 150 valence electrons.